The zero-order chi connectivity index (χ0) is 32.1. The number of amides is 1. The molecule has 0 unspecified atom stereocenters. The molecule has 4 rings (SSSR count). The summed E-state index contributed by atoms with van der Waals surface area (Å²) in [7, 11) is -8.31. The number of hydrogen-bond acceptors (Lipinski definition) is 9. The Balaban J connectivity index is 1.77. The van der Waals surface area contributed by atoms with E-state index in [2.05, 4.69) is 4.72 Å². The van der Waals surface area contributed by atoms with Gasteiger partial charge >= 0.3 is 11.9 Å². The van der Waals surface area contributed by atoms with Crippen LogP contribution in [0.15, 0.2) is 95.9 Å². The molecule has 0 bridgehead atoms. The Morgan fingerprint density at radius 3 is 2.07 bits per heavy atom. The van der Waals surface area contributed by atoms with E-state index in [-0.39, 0.29) is 32.9 Å². The van der Waals surface area contributed by atoms with E-state index in [1.54, 1.807) is 30.3 Å². The first-order valence-corrected chi connectivity index (χ1v) is 16.3. The number of nitrogens with one attached hydrogen (secondary N) is 1. The van der Waals surface area contributed by atoms with Crippen LogP contribution in [0.5, 0.6) is 11.5 Å². The van der Waals surface area contributed by atoms with E-state index in [0.717, 1.165) is 13.0 Å². The van der Waals surface area contributed by atoms with Crippen molar-refractivity contribution in [1.82, 2.24) is 0 Å². The predicted molar refractivity (Wildman–Crippen MR) is 166 cm³/mol. The highest BCUT2D eigenvalue weighted by atomic mass is 32.2. The third-order valence-electron chi connectivity index (χ3n) is 6.13. The number of nitrogens with zero attached hydrogens (tertiary/aromatic N) is 1. The number of fused-ring (bicyclic) bond motifs is 1. The summed E-state index contributed by atoms with van der Waals surface area (Å²) in [6.07, 6.45) is 2.32. The Morgan fingerprint density at radius 2 is 1.41 bits per heavy atom. The molecule has 1 amide bonds. The van der Waals surface area contributed by atoms with E-state index in [1.807, 2.05) is 0 Å². The lowest BCUT2D eigenvalue weighted by atomic mass is 10.1. The SMILES string of the molecule is CCS(=O)(=O)N(C(=O)/C=C/c1ccc(OC(C)=O)c(OC(C)=O)c1)c1cccc2c(S(=O)(=O)Nc3ccccc3)cccc12. The highest BCUT2D eigenvalue weighted by Gasteiger charge is 2.29. The fourth-order valence-corrected chi connectivity index (χ4v) is 6.60. The van der Waals surface area contributed by atoms with Gasteiger partial charge in [0.2, 0.25) is 10.0 Å². The van der Waals surface area contributed by atoms with Crippen LogP contribution in [0.2, 0.25) is 0 Å². The van der Waals surface area contributed by atoms with Gasteiger partial charge in [-0.3, -0.25) is 19.1 Å². The highest BCUT2D eigenvalue weighted by Crippen LogP contribution is 2.34. The Bertz CT molecular complexity index is 1990. The van der Waals surface area contributed by atoms with E-state index >= 15 is 0 Å². The van der Waals surface area contributed by atoms with Crippen molar-refractivity contribution < 1.29 is 40.7 Å². The maximum absolute atomic E-state index is 13.5. The first-order chi connectivity index (χ1) is 20.8. The molecule has 4 aromatic carbocycles. The molecular formula is C31H28N2O9S2. The van der Waals surface area contributed by atoms with Crippen molar-refractivity contribution in [2.75, 3.05) is 14.8 Å². The summed E-state index contributed by atoms with van der Waals surface area (Å²) in [5.74, 6) is -2.77. The quantitative estimate of drug-likeness (QED) is 0.146. The van der Waals surface area contributed by atoms with Gasteiger partial charge in [-0.1, -0.05) is 48.5 Å². The van der Waals surface area contributed by atoms with Crippen molar-refractivity contribution in [2.24, 2.45) is 0 Å². The van der Waals surface area contributed by atoms with Crippen LogP contribution in [0.3, 0.4) is 0 Å². The third-order valence-corrected chi connectivity index (χ3v) is 9.23. The van der Waals surface area contributed by atoms with E-state index in [9.17, 15) is 31.2 Å². The van der Waals surface area contributed by atoms with Gasteiger partial charge in [-0.15, -0.1) is 0 Å². The molecule has 4 aromatic rings. The number of carbonyl (C=O) groups excluding carboxylic acids is 3. The average Bonchev–Trinajstić information content (AvgIpc) is 2.97. The lowest BCUT2D eigenvalue weighted by Gasteiger charge is -2.23. The van der Waals surface area contributed by atoms with E-state index in [0.29, 0.717) is 15.6 Å². The molecule has 44 heavy (non-hydrogen) atoms. The number of sulfonamides is 2. The molecule has 0 spiro atoms. The van der Waals surface area contributed by atoms with Gasteiger partial charge in [-0.05, 0) is 55.0 Å². The summed E-state index contributed by atoms with van der Waals surface area (Å²) < 4.78 is 66.5. The fraction of sp³-hybridized carbons (Fsp3) is 0.129. The Kier molecular flexibility index (Phi) is 9.50. The van der Waals surface area contributed by atoms with Crippen LogP contribution in [-0.4, -0.2) is 40.4 Å². The molecule has 11 nitrogen and oxygen atoms in total. The van der Waals surface area contributed by atoms with Crippen LogP contribution in [0.25, 0.3) is 16.8 Å². The number of ether oxygens (including phenoxy) is 2. The van der Waals surface area contributed by atoms with Crippen molar-refractivity contribution in [2.45, 2.75) is 25.7 Å². The number of carbonyl (C=O) groups is 3. The molecule has 0 heterocycles. The molecule has 0 fully saturated rings. The van der Waals surface area contributed by atoms with Crippen molar-refractivity contribution in [3.63, 3.8) is 0 Å². The Hall–Kier alpha value is -5.01. The molecule has 0 aliphatic rings. The largest absolute Gasteiger partial charge is 0.423 e. The number of para-hydroxylation sites is 1. The monoisotopic (exact) mass is 636 g/mol. The molecule has 0 aliphatic carbocycles. The first-order valence-electron chi connectivity index (χ1n) is 13.2. The average molecular weight is 637 g/mol. The molecule has 1 N–H and O–H groups in total. The van der Waals surface area contributed by atoms with Gasteiger partial charge < -0.3 is 9.47 Å². The summed E-state index contributed by atoms with van der Waals surface area (Å²) in [6.45, 7) is 3.72. The van der Waals surface area contributed by atoms with Crippen LogP contribution in [0.1, 0.15) is 26.3 Å². The second-order valence-corrected chi connectivity index (χ2v) is 13.1. The fourth-order valence-electron chi connectivity index (χ4n) is 4.26. The van der Waals surface area contributed by atoms with Crippen molar-refractivity contribution in [3.8, 4) is 11.5 Å². The number of benzene rings is 4. The number of anilines is 2. The maximum Gasteiger partial charge on any atom is 0.308 e. The smallest absolute Gasteiger partial charge is 0.308 e. The van der Waals surface area contributed by atoms with Crippen LogP contribution in [0.4, 0.5) is 11.4 Å². The molecule has 0 radical (unpaired) electrons. The third kappa shape index (κ3) is 7.30. The number of rotatable bonds is 10. The second kappa shape index (κ2) is 13.1. The molecule has 228 valence electrons. The van der Waals surface area contributed by atoms with E-state index < -0.39 is 43.6 Å². The van der Waals surface area contributed by atoms with Gasteiger partial charge in [-0.2, -0.15) is 0 Å². The van der Waals surface area contributed by atoms with Gasteiger partial charge in [-0.25, -0.2) is 21.1 Å². The molecule has 0 aliphatic heterocycles. The maximum atomic E-state index is 13.5. The first kappa shape index (κ1) is 31.9. The topological polar surface area (TPSA) is 153 Å². The van der Waals surface area contributed by atoms with E-state index in [4.69, 9.17) is 9.47 Å². The molecule has 0 aromatic heterocycles. The summed E-state index contributed by atoms with van der Waals surface area (Å²) in [6, 6.07) is 21.2. The second-order valence-electron chi connectivity index (χ2n) is 9.33. The highest BCUT2D eigenvalue weighted by molar-refractivity contribution is 7.93. The van der Waals surface area contributed by atoms with Crippen molar-refractivity contribution >= 4 is 66.1 Å². The van der Waals surface area contributed by atoms with Crippen LogP contribution >= 0.6 is 0 Å². The number of hydrogen-bond donors (Lipinski definition) is 1. The Morgan fingerprint density at radius 1 is 0.773 bits per heavy atom. The zero-order valence-corrected chi connectivity index (χ0v) is 25.5. The minimum Gasteiger partial charge on any atom is -0.423 e. The van der Waals surface area contributed by atoms with Crippen LogP contribution < -0.4 is 18.5 Å². The minimum absolute atomic E-state index is 0.0189. The summed E-state index contributed by atoms with van der Waals surface area (Å²) in [5, 5.41) is 0.415. The van der Waals surface area contributed by atoms with Gasteiger partial charge in [0.05, 0.1) is 16.3 Å². The molecule has 0 atom stereocenters. The molecule has 13 heteroatoms. The summed E-state index contributed by atoms with van der Waals surface area (Å²) in [4.78, 5) is 36.4. The van der Waals surface area contributed by atoms with Crippen LogP contribution in [-0.2, 0) is 34.4 Å². The minimum atomic E-state index is -4.21. The van der Waals surface area contributed by atoms with Gasteiger partial charge in [0, 0.05) is 36.4 Å². The summed E-state index contributed by atoms with van der Waals surface area (Å²) >= 11 is 0. The molecule has 0 saturated carbocycles. The predicted octanol–water partition coefficient (Wildman–Crippen LogP) is 4.89. The molecular weight excluding hydrogens is 608 g/mol. The van der Waals surface area contributed by atoms with Gasteiger partial charge in [0.1, 0.15) is 0 Å². The Labute approximate surface area is 254 Å². The van der Waals surface area contributed by atoms with Gasteiger partial charge in [0.15, 0.2) is 11.5 Å². The standard InChI is InChI=1S/C31H28N2O9S2/c1-4-43(37,38)33(31(36)19-17-23-16-18-28(41-21(2)34)29(20-23)42-22(3)35)27-14-8-13-26-25(27)12-9-15-30(26)44(39,40)32-24-10-6-5-7-11-24/h5-20,32H,4H2,1-3H3/b19-17+. The summed E-state index contributed by atoms with van der Waals surface area (Å²) in [5.41, 5.74) is 0.633. The lowest BCUT2D eigenvalue weighted by molar-refractivity contribution is -0.134. The van der Waals surface area contributed by atoms with Crippen molar-refractivity contribution in [1.29, 1.82) is 0 Å². The normalized spacial score (nSPS) is 11.7. The molecule has 0 saturated heterocycles. The van der Waals surface area contributed by atoms with Crippen molar-refractivity contribution in [3.05, 3.63) is 96.6 Å². The number of esters is 2. The zero-order valence-electron chi connectivity index (χ0n) is 23.9. The lowest BCUT2D eigenvalue weighted by Crippen LogP contribution is -2.37. The van der Waals surface area contributed by atoms with Crippen LogP contribution in [0, 0.1) is 0 Å². The van der Waals surface area contributed by atoms with Gasteiger partial charge in [0.25, 0.3) is 15.9 Å². The van der Waals surface area contributed by atoms with E-state index in [1.165, 1.54) is 74.5 Å².